The summed E-state index contributed by atoms with van der Waals surface area (Å²) in [5.41, 5.74) is 1.10. The van der Waals surface area contributed by atoms with Crippen LogP contribution in [-0.4, -0.2) is 23.3 Å². The van der Waals surface area contributed by atoms with Crippen molar-refractivity contribution in [3.8, 4) is 0 Å². The number of ether oxygens (including phenoxy) is 1. The molecule has 1 aromatic heterocycles. The van der Waals surface area contributed by atoms with Crippen LogP contribution < -0.4 is 0 Å². The highest BCUT2D eigenvalue weighted by atomic mass is 35.5. The molecule has 0 spiro atoms. The van der Waals surface area contributed by atoms with E-state index in [0.29, 0.717) is 11.6 Å². The monoisotopic (exact) mass is 259 g/mol. The van der Waals surface area contributed by atoms with Gasteiger partial charge in [-0.1, -0.05) is 24.6 Å². The zero-order valence-corrected chi connectivity index (χ0v) is 10.8. The second-order valence-electron chi connectivity index (χ2n) is 3.39. The molecule has 0 aliphatic carbocycles. The molecule has 0 aliphatic heterocycles. The molecule has 1 rings (SSSR count). The van der Waals surface area contributed by atoms with E-state index in [1.54, 1.807) is 24.0 Å². The number of methoxy groups -OCH3 is 1. The molecule has 0 aliphatic rings. The average Bonchev–Trinajstić information content (AvgIpc) is 2.28. The first-order chi connectivity index (χ1) is 7.61. The van der Waals surface area contributed by atoms with Gasteiger partial charge >= 0.3 is 5.97 Å². The molecule has 16 heavy (non-hydrogen) atoms. The highest BCUT2D eigenvalue weighted by Gasteiger charge is 2.09. The number of rotatable bonds is 5. The van der Waals surface area contributed by atoms with E-state index in [4.69, 9.17) is 11.6 Å². The molecule has 5 heteroatoms. The molecule has 1 unspecified atom stereocenters. The van der Waals surface area contributed by atoms with Gasteiger partial charge in [0.15, 0.2) is 0 Å². The first kappa shape index (κ1) is 13.3. The van der Waals surface area contributed by atoms with E-state index < -0.39 is 0 Å². The Bertz CT molecular complexity index is 342. The Morgan fingerprint density at radius 3 is 2.94 bits per heavy atom. The van der Waals surface area contributed by atoms with Crippen molar-refractivity contribution < 1.29 is 9.53 Å². The lowest BCUT2D eigenvalue weighted by Gasteiger charge is -2.09. The summed E-state index contributed by atoms with van der Waals surface area (Å²) in [6.07, 6.45) is 2.18. The lowest BCUT2D eigenvalue weighted by Crippen LogP contribution is -2.08. The van der Waals surface area contributed by atoms with Gasteiger partial charge in [-0.2, -0.15) is 11.8 Å². The molecule has 0 fully saturated rings. The number of halogens is 1. The quantitative estimate of drug-likeness (QED) is 0.602. The lowest BCUT2D eigenvalue weighted by atomic mass is 10.3. The predicted octanol–water partition coefficient (Wildman–Crippen LogP) is 2.92. The van der Waals surface area contributed by atoms with Crippen LogP contribution in [0.2, 0.25) is 5.15 Å². The Kier molecular flexibility index (Phi) is 5.63. The highest BCUT2D eigenvalue weighted by Crippen LogP contribution is 2.20. The minimum atomic E-state index is -0.172. The summed E-state index contributed by atoms with van der Waals surface area (Å²) in [7, 11) is 1.41. The number of hydrogen-bond acceptors (Lipinski definition) is 4. The van der Waals surface area contributed by atoms with Gasteiger partial charge in [0.05, 0.1) is 13.5 Å². The number of pyridine rings is 1. The molecule has 3 nitrogen and oxygen atoms in total. The van der Waals surface area contributed by atoms with E-state index in [0.717, 1.165) is 11.3 Å². The molecule has 0 aromatic carbocycles. The van der Waals surface area contributed by atoms with Crippen LogP contribution >= 0.6 is 23.4 Å². The normalized spacial score (nSPS) is 12.2. The third kappa shape index (κ3) is 4.86. The van der Waals surface area contributed by atoms with Gasteiger partial charge in [-0.05, 0) is 11.6 Å². The van der Waals surface area contributed by atoms with Crippen LogP contribution in [0.4, 0.5) is 0 Å². The summed E-state index contributed by atoms with van der Waals surface area (Å²) in [5.74, 6) is 0.650. The first-order valence-electron chi connectivity index (χ1n) is 4.90. The van der Waals surface area contributed by atoms with E-state index >= 15 is 0 Å². The standard InChI is InChI=1S/C11H14ClNO2S/c1-8(5-11(14)15-2)16-7-9-3-4-10(12)13-6-9/h3-4,6,8H,5,7H2,1-2H3. The molecule has 1 atom stereocenters. The van der Waals surface area contributed by atoms with Gasteiger partial charge < -0.3 is 4.74 Å². The van der Waals surface area contributed by atoms with Crippen molar-refractivity contribution in [3.63, 3.8) is 0 Å². The van der Waals surface area contributed by atoms with Crippen molar-refractivity contribution in [2.75, 3.05) is 7.11 Å². The number of nitrogens with zero attached hydrogens (tertiary/aromatic N) is 1. The van der Waals surface area contributed by atoms with Crippen LogP contribution in [0.25, 0.3) is 0 Å². The van der Waals surface area contributed by atoms with Crippen LogP contribution in [0.3, 0.4) is 0 Å². The van der Waals surface area contributed by atoms with Crippen molar-refractivity contribution in [2.45, 2.75) is 24.3 Å². The van der Waals surface area contributed by atoms with E-state index in [9.17, 15) is 4.79 Å². The van der Waals surface area contributed by atoms with Crippen LogP contribution in [0.15, 0.2) is 18.3 Å². The largest absolute Gasteiger partial charge is 0.469 e. The fraction of sp³-hybridized carbons (Fsp3) is 0.455. The van der Waals surface area contributed by atoms with Crippen LogP contribution in [0, 0.1) is 0 Å². The van der Waals surface area contributed by atoms with Crippen molar-refractivity contribution in [1.82, 2.24) is 4.98 Å². The molecule has 88 valence electrons. The van der Waals surface area contributed by atoms with Crippen molar-refractivity contribution >= 4 is 29.3 Å². The zero-order chi connectivity index (χ0) is 12.0. The molecule has 1 heterocycles. The average molecular weight is 260 g/mol. The maximum Gasteiger partial charge on any atom is 0.306 e. The molecule has 0 amide bonds. The second-order valence-corrected chi connectivity index (χ2v) is 5.21. The molecule has 0 saturated heterocycles. The summed E-state index contributed by atoms with van der Waals surface area (Å²) in [6, 6.07) is 3.70. The topological polar surface area (TPSA) is 39.2 Å². The Hall–Kier alpha value is -0.740. The van der Waals surface area contributed by atoms with E-state index in [1.165, 1.54) is 7.11 Å². The van der Waals surface area contributed by atoms with Gasteiger partial charge in [0.1, 0.15) is 5.15 Å². The first-order valence-corrected chi connectivity index (χ1v) is 6.33. The fourth-order valence-corrected chi connectivity index (χ4v) is 2.12. The van der Waals surface area contributed by atoms with Gasteiger partial charge in [0, 0.05) is 17.2 Å². The lowest BCUT2D eigenvalue weighted by molar-refractivity contribution is -0.140. The Balaban J connectivity index is 2.34. The van der Waals surface area contributed by atoms with Gasteiger partial charge in [-0.3, -0.25) is 4.79 Å². The minimum Gasteiger partial charge on any atom is -0.469 e. The third-order valence-electron chi connectivity index (χ3n) is 2.00. The summed E-state index contributed by atoms with van der Waals surface area (Å²) >= 11 is 7.38. The SMILES string of the molecule is COC(=O)CC(C)SCc1ccc(Cl)nc1. The summed E-state index contributed by atoms with van der Waals surface area (Å²) < 4.78 is 4.61. The van der Waals surface area contributed by atoms with E-state index in [2.05, 4.69) is 9.72 Å². The minimum absolute atomic E-state index is 0.172. The molecular weight excluding hydrogens is 246 g/mol. The maximum atomic E-state index is 11.0. The number of hydrogen-bond donors (Lipinski definition) is 0. The Morgan fingerprint density at radius 2 is 2.38 bits per heavy atom. The molecule has 0 radical (unpaired) electrons. The number of carbonyl (C=O) groups is 1. The number of esters is 1. The van der Waals surface area contributed by atoms with E-state index in [1.807, 2.05) is 13.0 Å². The number of thioether (sulfide) groups is 1. The maximum absolute atomic E-state index is 11.0. The molecule has 1 aromatic rings. The smallest absolute Gasteiger partial charge is 0.306 e. The zero-order valence-electron chi connectivity index (χ0n) is 9.27. The van der Waals surface area contributed by atoms with Crippen LogP contribution in [0.5, 0.6) is 0 Å². The van der Waals surface area contributed by atoms with Crippen LogP contribution in [-0.2, 0) is 15.3 Å². The Labute approximate surface area is 105 Å². The predicted molar refractivity (Wildman–Crippen MR) is 66.6 cm³/mol. The Morgan fingerprint density at radius 1 is 1.62 bits per heavy atom. The van der Waals surface area contributed by atoms with Gasteiger partial charge in [0.2, 0.25) is 0 Å². The molecule has 0 N–H and O–H groups in total. The third-order valence-corrected chi connectivity index (χ3v) is 3.46. The van der Waals surface area contributed by atoms with E-state index in [-0.39, 0.29) is 11.2 Å². The van der Waals surface area contributed by atoms with Gasteiger partial charge in [-0.25, -0.2) is 4.98 Å². The summed E-state index contributed by atoms with van der Waals surface area (Å²) in [4.78, 5) is 15.0. The molecule has 0 bridgehead atoms. The molecular formula is C11H14ClNO2S. The van der Waals surface area contributed by atoms with Crippen LogP contribution in [0.1, 0.15) is 18.9 Å². The van der Waals surface area contributed by atoms with Crippen molar-refractivity contribution in [3.05, 3.63) is 29.0 Å². The summed E-state index contributed by atoms with van der Waals surface area (Å²) in [6.45, 7) is 2.00. The number of carbonyl (C=O) groups excluding carboxylic acids is 1. The van der Waals surface area contributed by atoms with Gasteiger partial charge in [-0.15, -0.1) is 0 Å². The van der Waals surface area contributed by atoms with Gasteiger partial charge in [0.25, 0.3) is 0 Å². The highest BCUT2D eigenvalue weighted by molar-refractivity contribution is 7.99. The van der Waals surface area contributed by atoms with Crippen molar-refractivity contribution in [2.24, 2.45) is 0 Å². The number of aromatic nitrogens is 1. The molecule has 0 saturated carbocycles. The van der Waals surface area contributed by atoms with Crippen molar-refractivity contribution in [1.29, 1.82) is 0 Å². The fourth-order valence-electron chi connectivity index (χ4n) is 1.11. The summed E-state index contributed by atoms with van der Waals surface area (Å²) in [5, 5.41) is 0.736. The second kappa shape index (κ2) is 6.76.